The first-order chi connectivity index (χ1) is 18.4. The Bertz CT molecular complexity index is 1260. The summed E-state index contributed by atoms with van der Waals surface area (Å²) in [5, 5.41) is 2.41. The van der Waals surface area contributed by atoms with Crippen LogP contribution in [0.1, 0.15) is 27.1 Å². The van der Waals surface area contributed by atoms with E-state index in [1.165, 1.54) is 33.1 Å². The van der Waals surface area contributed by atoms with Gasteiger partial charge in [-0.1, -0.05) is 6.07 Å². The van der Waals surface area contributed by atoms with Crippen molar-refractivity contribution in [2.75, 3.05) is 41.3 Å². The summed E-state index contributed by atoms with van der Waals surface area (Å²) < 4.78 is 32.5. The minimum absolute atomic E-state index is 0.209. The standard InChI is InChI=1S/C27H30N2O8S/c1-32-20-9-8-16(11-21(20)33-2)27-29(19(15-38-27)25(30)28-14-18-7-6-10-37-18)26(31)17-12-22(34-3)24(36-5)23(13-17)35-4/h6-13,19,27H,14-15H2,1-5H3,(H,28,30). The van der Waals surface area contributed by atoms with Gasteiger partial charge in [-0.05, 0) is 42.0 Å². The van der Waals surface area contributed by atoms with Crippen LogP contribution in [0.25, 0.3) is 0 Å². The van der Waals surface area contributed by atoms with E-state index in [1.807, 2.05) is 12.1 Å². The molecule has 2 aromatic carbocycles. The molecule has 1 fully saturated rings. The summed E-state index contributed by atoms with van der Waals surface area (Å²) in [5.74, 6) is 2.47. The number of thioether (sulfide) groups is 1. The average molecular weight is 543 g/mol. The Balaban J connectivity index is 1.73. The van der Waals surface area contributed by atoms with Crippen LogP contribution >= 0.6 is 11.8 Å². The SMILES string of the molecule is COc1ccc(C2SCC(C(=O)NCc3ccco3)N2C(=O)c2cc(OC)c(OC)c(OC)c2)cc1OC. The Morgan fingerprint density at radius 3 is 2.18 bits per heavy atom. The quantitative estimate of drug-likeness (QED) is 0.408. The van der Waals surface area contributed by atoms with E-state index >= 15 is 0 Å². The number of nitrogens with one attached hydrogen (secondary N) is 1. The molecule has 4 rings (SSSR count). The van der Waals surface area contributed by atoms with Gasteiger partial charge in [-0.25, -0.2) is 0 Å². The van der Waals surface area contributed by atoms with Crippen molar-refractivity contribution in [3.8, 4) is 28.7 Å². The summed E-state index contributed by atoms with van der Waals surface area (Å²) in [6.45, 7) is 0.209. The summed E-state index contributed by atoms with van der Waals surface area (Å²) in [4.78, 5) is 29.0. The van der Waals surface area contributed by atoms with Gasteiger partial charge in [-0.3, -0.25) is 9.59 Å². The molecule has 11 heteroatoms. The van der Waals surface area contributed by atoms with Gasteiger partial charge < -0.3 is 38.3 Å². The van der Waals surface area contributed by atoms with Crippen LogP contribution < -0.4 is 29.0 Å². The molecular formula is C27H30N2O8S. The Labute approximate surface area is 225 Å². The topological polar surface area (TPSA) is 109 Å². The third-order valence-corrected chi connectivity index (χ3v) is 7.48. The van der Waals surface area contributed by atoms with Gasteiger partial charge in [0.05, 0.1) is 48.4 Å². The number of methoxy groups -OCH3 is 5. The van der Waals surface area contributed by atoms with E-state index in [4.69, 9.17) is 28.1 Å². The lowest BCUT2D eigenvalue weighted by molar-refractivity contribution is -0.125. The lowest BCUT2D eigenvalue weighted by Crippen LogP contribution is -2.47. The first kappa shape index (κ1) is 27.1. The van der Waals surface area contributed by atoms with Crippen LogP contribution in [-0.4, -0.2) is 64.1 Å². The number of carbonyl (C=O) groups excluding carboxylic acids is 2. The second-order valence-corrected chi connectivity index (χ2v) is 9.35. The third kappa shape index (κ3) is 5.33. The predicted molar refractivity (Wildman–Crippen MR) is 141 cm³/mol. The molecule has 202 valence electrons. The molecule has 2 heterocycles. The summed E-state index contributed by atoms with van der Waals surface area (Å²) in [5.41, 5.74) is 1.08. The molecule has 3 aromatic rings. The Morgan fingerprint density at radius 1 is 0.921 bits per heavy atom. The molecule has 1 saturated heterocycles. The zero-order valence-electron chi connectivity index (χ0n) is 21.8. The lowest BCUT2D eigenvalue weighted by Gasteiger charge is -2.30. The molecule has 38 heavy (non-hydrogen) atoms. The van der Waals surface area contributed by atoms with Crippen LogP contribution in [0.5, 0.6) is 28.7 Å². The van der Waals surface area contributed by atoms with Crippen molar-refractivity contribution in [2.45, 2.75) is 18.0 Å². The number of ether oxygens (including phenoxy) is 5. The Kier molecular flexibility index (Phi) is 8.57. The zero-order valence-corrected chi connectivity index (χ0v) is 22.6. The van der Waals surface area contributed by atoms with Crippen molar-refractivity contribution in [3.63, 3.8) is 0 Å². The van der Waals surface area contributed by atoms with Crippen LogP contribution in [0.2, 0.25) is 0 Å². The van der Waals surface area contributed by atoms with Crippen LogP contribution in [-0.2, 0) is 11.3 Å². The molecule has 0 aliphatic carbocycles. The first-order valence-corrected chi connectivity index (χ1v) is 12.8. The number of amides is 2. The summed E-state index contributed by atoms with van der Waals surface area (Å²) in [6.07, 6.45) is 1.54. The lowest BCUT2D eigenvalue weighted by atomic mass is 10.1. The second kappa shape index (κ2) is 12.0. The van der Waals surface area contributed by atoms with E-state index in [-0.39, 0.29) is 23.9 Å². The molecule has 0 spiro atoms. The zero-order chi connectivity index (χ0) is 27.2. The first-order valence-electron chi connectivity index (χ1n) is 11.7. The minimum Gasteiger partial charge on any atom is -0.493 e. The molecule has 1 aromatic heterocycles. The van der Waals surface area contributed by atoms with Crippen molar-refractivity contribution < 1.29 is 37.7 Å². The molecule has 0 radical (unpaired) electrons. The highest BCUT2D eigenvalue weighted by molar-refractivity contribution is 7.99. The van der Waals surface area contributed by atoms with Crippen LogP contribution in [0, 0.1) is 0 Å². The average Bonchev–Trinajstić information content (AvgIpc) is 3.64. The normalized spacial score (nSPS) is 16.6. The minimum atomic E-state index is -0.750. The predicted octanol–water partition coefficient (Wildman–Crippen LogP) is 3.90. The molecule has 1 aliphatic rings. The van der Waals surface area contributed by atoms with Gasteiger partial charge in [0.2, 0.25) is 11.7 Å². The molecule has 0 bridgehead atoms. The Hall–Kier alpha value is -3.99. The van der Waals surface area contributed by atoms with E-state index in [2.05, 4.69) is 5.32 Å². The number of hydrogen-bond acceptors (Lipinski definition) is 9. The van der Waals surface area contributed by atoms with Gasteiger partial charge >= 0.3 is 0 Å². The van der Waals surface area contributed by atoms with Gasteiger partial charge in [0.15, 0.2) is 23.0 Å². The highest BCUT2D eigenvalue weighted by atomic mass is 32.2. The molecular weight excluding hydrogens is 512 g/mol. The maximum Gasteiger partial charge on any atom is 0.256 e. The van der Waals surface area contributed by atoms with E-state index in [0.717, 1.165) is 5.56 Å². The van der Waals surface area contributed by atoms with Crippen molar-refractivity contribution in [3.05, 3.63) is 65.6 Å². The van der Waals surface area contributed by atoms with Gasteiger partial charge in [-0.15, -0.1) is 11.8 Å². The summed E-state index contributed by atoms with van der Waals surface area (Å²) >= 11 is 1.48. The van der Waals surface area contributed by atoms with Crippen LogP contribution in [0.15, 0.2) is 53.1 Å². The monoisotopic (exact) mass is 542 g/mol. The second-order valence-electron chi connectivity index (χ2n) is 8.24. The fourth-order valence-electron chi connectivity index (χ4n) is 4.28. The molecule has 1 aliphatic heterocycles. The van der Waals surface area contributed by atoms with Gasteiger partial charge in [0.25, 0.3) is 5.91 Å². The number of hydrogen-bond donors (Lipinski definition) is 1. The van der Waals surface area contributed by atoms with E-state index in [9.17, 15) is 9.59 Å². The largest absolute Gasteiger partial charge is 0.493 e. The maximum absolute atomic E-state index is 14.1. The molecule has 1 N–H and O–H groups in total. The molecule has 0 saturated carbocycles. The van der Waals surface area contributed by atoms with E-state index < -0.39 is 11.4 Å². The molecule has 10 nitrogen and oxygen atoms in total. The molecule has 2 atom stereocenters. The molecule has 2 unspecified atom stereocenters. The molecule has 2 amide bonds. The fourth-order valence-corrected chi connectivity index (χ4v) is 5.70. The van der Waals surface area contributed by atoms with Crippen molar-refractivity contribution >= 4 is 23.6 Å². The third-order valence-electron chi connectivity index (χ3n) is 6.16. The van der Waals surface area contributed by atoms with Gasteiger partial charge in [0.1, 0.15) is 17.2 Å². The van der Waals surface area contributed by atoms with E-state index in [1.54, 1.807) is 55.7 Å². The van der Waals surface area contributed by atoms with Crippen LogP contribution in [0.3, 0.4) is 0 Å². The summed E-state index contributed by atoms with van der Waals surface area (Å²) in [6, 6.07) is 11.4. The highest BCUT2D eigenvalue weighted by Gasteiger charge is 2.43. The van der Waals surface area contributed by atoms with Crippen molar-refractivity contribution in [1.29, 1.82) is 0 Å². The fraction of sp³-hybridized carbons (Fsp3) is 0.333. The number of benzene rings is 2. The number of furan rings is 1. The van der Waals surface area contributed by atoms with Gasteiger partial charge in [0, 0.05) is 11.3 Å². The summed E-state index contributed by atoms with van der Waals surface area (Å²) in [7, 11) is 7.56. The number of rotatable bonds is 10. The van der Waals surface area contributed by atoms with Crippen molar-refractivity contribution in [2.24, 2.45) is 0 Å². The maximum atomic E-state index is 14.1. The van der Waals surface area contributed by atoms with Gasteiger partial charge in [-0.2, -0.15) is 0 Å². The number of nitrogens with zero attached hydrogens (tertiary/aromatic N) is 1. The van der Waals surface area contributed by atoms with Crippen LogP contribution in [0.4, 0.5) is 0 Å². The van der Waals surface area contributed by atoms with E-state index in [0.29, 0.717) is 40.3 Å². The van der Waals surface area contributed by atoms with Crippen molar-refractivity contribution in [1.82, 2.24) is 10.2 Å². The highest BCUT2D eigenvalue weighted by Crippen LogP contribution is 2.46. The number of carbonyl (C=O) groups is 2. The smallest absolute Gasteiger partial charge is 0.256 e. The Morgan fingerprint density at radius 2 is 1.61 bits per heavy atom.